The molecule has 1 fully saturated rings. The van der Waals surface area contributed by atoms with Crippen molar-refractivity contribution in [2.75, 3.05) is 0 Å². The van der Waals surface area contributed by atoms with Gasteiger partial charge in [-0.2, -0.15) is 0 Å². The first-order chi connectivity index (χ1) is 18.0. The predicted octanol–water partition coefficient (Wildman–Crippen LogP) is 6.32. The van der Waals surface area contributed by atoms with Gasteiger partial charge in [-0.05, 0) is 85.2 Å². The molecule has 2 aromatic carbocycles. The standard InChI is InChI=1S/C31H32N2O4/c1-2-24-30(31(36)37-23-8-3-4-9-23)28(20-6-5-7-22(34)14-20)29-26(33-24)16-21(17-27(29)35)19-11-10-18-12-13-32-25(18)15-19/h5-7,10-15,21,23,28,30,32,34H,2-4,8-9,16-17H2,1H3. The second kappa shape index (κ2) is 9.66. The van der Waals surface area contributed by atoms with E-state index in [2.05, 4.69) is 23.2 Å². The number of rotatable bonds is 5. The number of H-pyrrole nitrogens is 1. The van der Waals surface area contributed by atoms with E-state index in [-0.39, 0.29) is 29.5 Å². The van der Waals surface area contributed by atoms with Gasteiger partial charge in [0.25, 0.3) is 0 Å². The fourth-order valence-corrected chi connectivity index (χ4v) is 6.42. The monoisotopic (exact) mass is 496 g/mol. The lowest BCUT2D eigenvalue weighted by atomic mass is 9.68. The van der Waals surface area contributed by atoms with Crippen LogP contribution in [-0.4, -0.2) is 33.7 Å². The summed E-state index contributed by atoms with van der Waals surface area (Å²) in [7, 11) is 0. The molecule has 190 valence electrons. The van der Waals surface area contributed by atoms with Gasteiger partial charge in [0.15, 0.2) is 5.78 Å². The van der Waals surface area contributed by atoms with Gasteiger partial charge >= 0.3 is 5.97 Å². The van der Waals surface area contributed by atoms with E-state index >= 15 is 0 Å². The number of nitrogens with zero attached hydrogens (tertiary/aromatic N) is 1. The molecule has 6 nitrogen and oxygen atoms in total. The lowest BCUT2D eigenvalue weighted by molar-refractivity contribution is -0.151. The van der Waals surface area contributed by atoms with Crippen LogP contribution < -0.4 is 0 Å². The number of phenols is 1. The minimum Gasteiger partial charge on any atom is -0.508 e. The van der Waals surface area contributed by atoms with E-state index in [1.165, 1.54) is 0 Å². The first-order valence-electron chi connectivity index (χ1n) is 13.4. The van der Waals surface area contributed by atoms with Crippen molar-refractivity contribution in [1.82, 2.24) is 4.98 Å². The van der Waals surface area contributed by atoms with Crippen LogP contribution in [0.3, 0.4) is 0 Å². The predicted molar refractivity (Wildman–Crippen MR) is 143 cm³/mol. The van der Waals surface area contributed by atoms with Crippen molar-refractivity contribution in [3.8, 4) is 5.75 Å². The highest BCUT2D eigenvalue weighted by molar-refractivity contribution is 6.09. The Hall–Kier alpha value is -3.67. The molecule has 0 amide bonds. The molecule has 0 saturated heterocycles. The molecular formula is C31H32N2O4. The highest BCUT2D eigenvalue weighted by Crippen LogP contribution is 2.48. The number of ketones is 1. The largest absolute Gasteiger partial charge is 0.508 e. The van der Waals surface area contributed by atoms with E-state index in [0.717, 1.165) is 59.1 Å². The third kappa shape index (κ3) is 4.39. The Morgan fingerprint density at radius 3 is 2.70 bits per heavy atom. The summed E-state index contributed by atoms with van der Waals surface area (Å²) >= 11 is 0. The summed E-state index contributed by atoms with van der Waals surface area (Å²) in [6.45, 7) is 2.00. The van der Waals surface area contributed by atoms with Crippen LogP contribution in [0.1, 0.15) is 74.8 Å². The zero-order valence-electron chi connectivity index (χ0n) is 21.1. The van der Waals surface area contributed by atoms with Gasteiger partial charge in [0.05, 0.1) is 0 Å². The van der Waals surface area contributed by atoms with Crippen molar-refractivity contribution in [1.29, 1.82) is 0 Å². The minimum absolute atomic E-state index is 0.0174. The summed E-state index contributed by atoms with van der Waals surface area (Å²) in [6.07, 6.45) is 7.33. The number of Topliss-reactive ketones (excluding diaryl/α,β-unsaturated/α-hetero) is 1. The molecule has 3 unspecified atom stereocenters. The van der Waals surface area contributed by atoms with Crippen LogP contribution in [0.2, 0.25) is 0 Å². The Balaban J connectivity index is 1.41. The minimum atomic E-state index is -0.665. The fraction of sp³-hybridized carbons (Fsp3) is 0.387. The normalized spacial score (nSPS) is 24.3. The zero-order chi connectivity index (χ0) is 25.5. The number of fused-ring (bicyclic) bond motifs is 1. The van der Waals surface area contributed by atoms with Crippen LogP contribution in [-0.2, 0) is 14.3 Å². The van der Waals surface area contributed by atoms with Crippen molar-refractivity contribution in [3.63, 3.8) is 0 Å². The van der Waals surface area contributed by atoms with Crippen LogP contribution in [0.4, 0.5) is 0 Å². The van der Waals surface area contributed by atoms with Gasteiger partial charge in [-0.3, -0.25) is 14.6 Å². The van der Waals surface area contributed by atoms with E-state index in [9.17, 15) is 14.7 Å². The first-order valence-corrected chi connectivity index (χ1v) is 13.4. The number of carbonyl (C=O) groups is 2. The summed E-state index contributed by atoms with van der Waals surface area (Å²) < 4.78 is 5.98. The Labute approximate surface area is 216 Å². The van der Waals surface area contributed by atoms with Gasteiger partial charge < -0.3 is 14.8 Å². The van der Waals surface area contributed by atoms with Crippen LogP contribution in [0, 0.1) is 5.92 Å². The molecule has 3 atom stereocenters. The number of nitrogens with one attached hydrogen (secondary N) is 1. The van der Waals surface area contributed by atoms with Gasteiger partial charge in [-0.15, -0.1) is 0 Å². The topological polar surface area (TPSA) is 91.8 Å². The summed E-state index contributed by atoms with van der Waals surface area (Å²) in [6, 6.07) is 15.3. The van der Waals surface area contributed by atoms with Gasteiger partial charge in [-0.25, -0.2) is 0 Å². The molecule has 3 aliphatic rings. The summed E-state index contributed by atoms with van der Waals surface area (Å²) in [4.78, 5) is 35.8. The van der Waals surface area contributed by atoms with E-state index < -0.39 is 11.8 Å². The highest BCUT2D eigenvalue weighted by Gasteiger charge is 2.46. The van der Waals surface area contributed by atoms with Gasteiger partial charge in [-0.1, -0.05) is 31.2 Å². The molecule has 1 saturated carbocycles. The van der Waals surface area contributed by atoms with E-state index in [4.69, 9.17) is 9.73 Å². The summed E-state index contributed by atoms with van der Waals surface area (Å²) in [5.41, 5.74) is 5.04. The quantitative estimate of drug-likeness (QED) is 0.404. The molecule has 2 N–H and O–H groups in total. The average Bonchev–Trinajstić information content (AvgIpc) is 3.59. The van der Waals surface area contributed by atoms with Crippen molar-refractivity contribution < 1.29 is 19.4 Å². The Kier molecular flexibility index (Phi) is 6.19. The molecule has 1 aromatic heterocycles. The van der Waals surface area contributed by atoms with Crippen molar-refractivity contribution in [2.24, 2.45) is 10.9 Å². The second-order valence-electron chi connectivity index (χ2n) is 10.6. The van der Waals surface area contributed by atoms with Crippen molar-refractivity contribution in [3.05, 3.63) is 77.1 Å². The number of aromatic hydroxyl groups is 1. The summed E-state index contributed by atoms with van der Waals surface area (Å²) in [5, 5.41) is 11.4. The number of aromatic nitrogens is 1. The smallest absolute Gasteiger partial charge is 0.315 e. The first kappa shape index (κ1) is 23.7. The SMILES string of the molecule is CCC1=NC2=C(C(=O)CC(c3ccc4cc[nH]c4c3)C2)C(c2cccc(O)c2)C1C(=O)OC1CCCC1. The number of aliphatic imine (C=N–C) groups is 1. The average molecular weight is 497 g/mol. The highest BCUT2D eigenvalue weighted by atomic mass is 16.5. The number of esters is 1. The molecule has 6 rings (SSSR count). The lowest BCUT2D eigenvalue weighted by Gasteiger charge is -2.37. The Morgan fingerprint density at radius 2 is 1.92 bits per heavy atom. The summed E-state index contributed by atoms with van der Waals surface area (Å²) in [5.74, 6) is -1.33. The van der Waals surface area contributed by atoms with Gasteiger partial charge in [0.1, 0.15) is 17.8 Å². The maximum Gasteiger partial charge on any atom is 0.315 e. The molecular weight excluding hydrogens is 464 g/mol. The number of hydrogen-bond acceptors (Lipinski definition) is 5. The van der Waals surface area contributed by atoms with Crippen LogP contribution >= 0.6 is 0 Å². The Morgan fingerprint density at radius 1 is 1.08 bits per heavy atom. The number of carbonyl (C=O) groups excluding carboxylic acids is 2. The fourth-order valence-electron chi connectivity index (χ4n) is 6.42. The number of phenolic OH excluding ortho intramolecular Hbond substituents is 1. The van der Waals surface area contributed by atoms with E-state index in [1.807, 2.05) is 25.3 Å². The molecule has 0 radical (unpaired) electrons. The number of allylic oxidation sites excluding steroid dienone is 2. The maximum atomic E-state index is 13.9. The second-order valence-corrected chi connectivity index (χ2v) is 10.6. The van der Waals surface area contributed by atoms with Gasteiger partial charge in [0, 0.05) is 41.0 Å². The number of benzene rings is 2. The van der Waals surface area contributed by atoms with Crippen molar-refractivity contribution >= 4 is 28.4 Å². The third-order valence-corrected chi connectivity index (χ3v) is 8.25. The zero-order valence-corrected chi connectivity index (χ0v) is 21.1. The third-order valence-electron chi connectivity index (χ3n) is 8.25. The van der Waals surface area contributed by atoms with E-state index in [0.29, 0.717) is 24.8 Å². The maximum absolute atomic E-state index is 13.9. The molecule has 2 heterocycles. The van der Waals surface area contributed by atoms with Gasteiger partial charge in [0.2, 0.25) is 0 Å². The number of hydrogen-bond donors (Lipinski definition) is 2. The molecule has 2 aliphatic carbocycles. The van der Waals surface area contributed by atoms with Crippen molar-refractivity contribution in [2.45, 2.75) is 69.8 Å². The van der Waals surface area contributed by atoms with Crippen LogP contribution in [0.25, 0.3) is 10.9 Å². The van der Waals surface area contributed by atoms with Crippen LogP contribution in [0.15, 0.2) is 71.0 Å². The lowest BCUT2D eigenvalue weighted by Crippen LogP contribution is -2.39. The number of ether oxygens (including phenoxy) is 1. The number of aromatic amines is 1. The Bertz CT molecular complexity index is 1430. The van der Waals surface area contributed by atoms with Crippen LogP contribution in [0.5, 0.6) is 5.75 Å². The molecule has 0 spiro atoms. The molecule has 3 aromatic rings. The molecule has 1 aliphatic heterocycles. The molecule has 37 heavy (non-hydrogen) atoms. The molecule has 6 heteroatoms. The van der Waals surface area contributed by atoms with E-state index in [1.54, 1.807) is 18.2 Å². The molecule has 0 bridgehead atoms.